The van der Waals surface area contributed by atoms with E-state index in [1.54, 1.807) is 7.11 Å². The first-order chi connectivity index (χ1) is 8.11. The molecule has 17 heavy (non-hydrogen) atoms. The van der Waals surface area contributed by atoms with Crippen LogP contribution in [0.25, 0.3) is 0 Å². The van der Waals surface area contributed by atoms with Crippen molar-refractivity contribution in [2.24, 2.45) is 5.73 Å². The van der Waals surface area contributed by atoms with Crippen LogP contribution in [0.1, 0.15) is 12.0 Å². The van der Waals surface area contributed by atoms with Crippen LogP contribution in [0.5, 0.6) is 0 Å². The Morgan fingerprint density at radius 1 is 1.59 bits per heavy atom. The van der Waals surface area contributed by atoms with Crippen LogP contribution < -0.4 is 10.6 Å². The van der Waals surface area contributed by atoms with E-state index >= 15 is 0 Å². The maximum atomic E-state index is 6.15. The molecular formula is C12H15ClN2OS. The smallest absolute Gasteiger partial charge is 0.105 e. The number of halogens is 1. The van der Waals surface area contributed by atoms with Crippen molar-refractivity contribution < 1.29 is 4.74 Å². The summed E-state index contributed by atoms with van der Waals surface area (Å²) in [4.78, 5) is 2.58. The molecule has 92 valence electrons. The third-order valence-corrected chi connectivity index (χ3v) is 3.59. The number of methoxy groups -OCH3 is 1. The summed E-state index contributed by atoms with van der Waals surface area (Å²) >= 11 is 11.1. The number of nitrogens with zero attached hydrogens (tertiary/aromatic N) is 1. The second-order valence-corrected chi connectivity index (χ2v) is 4.97. The average Bonchev–Trinajstić information content (AvgIpc) is 2.76. The maximum absolute atomic E-state index is 6.15. The van der Waals surface area contributed by atoms with E-state index in [1.165, 1.54) is 0 Å². The lowest BCUT2D eigenvalue weighted by Crippen LogP contribution is -2.22. The minimum atomic E-state index is 0.309. The van der Waals surface area contributed by atoms with E-state index in [4.69, 9.17) is 34.3 Å². The van der Waals surface area contributed by atoms with Gasteiger partial charge in [-0.1, -0.05) is 23.8 Å². The number of rotatable bonds is 3. The van der Waals surface area contributed by atoms with Crippen LogP contribution in [0, 0.1) is 0 Å². The van der Waals surface area contributed by atoms with Crippen LogP contribution in [0.3, 0.4) is 0 Å². The van der Waals surface area contributed by atoms with E-state index in [2.05, 4.69) is 4.90 Å². The lowest BCUT2D eigenvalue weighted by atomic mass is 10.2. The van der Waals surface area contributed by atoms with Gasteiger partial charge < -0.3 is 15.4 Å². The fourth-order valence-electron chi connectivity index (χ4n) is 2.06. The van der Waals surface area contributed by atoms with Crippen LogP contribution in [-0.4, -0.2) is 31.3 Å². The lowest BCUT2D eigenvalue weighted by molar-refractivity contribution is 0.121. The van der Waals surface area contributed by atoms with E-state index in [0.29, 0.717) is 16.1 Å². The van der Waals surface area contributed by atoms with Crippen molar-refractivity contribution in [3.05, 3.63) is 28.8 Å². The highest BCUT2D eigenvalue weighted by molar-refractivity contribution is 7.80. The minimum Gasteiger partial charge on any atom is -0.389 e. The van der Waals surface area contributed by atoms with Crippen molar-refractivity contribution in [1.29, 1.82) is 0 Å². The Morgan fingerprint density at radius 3 is 2.88 bits per heavy atom. The first-order valence-corrected chi connectivity index (χ1v) is 6.27. The predicted molar refractivity (Wildman–Crippen MR) is 75.0 cm³/mol. The third kappa shape index (κ3) is 2.70. The summed E-state index contributed by atoms with van der Waals surface area (Å²) in [6, 6.07) is 5.78. The number of hydrogen-bond donors (Lipinski definition) is 1. The van der Waals surface area contributed by atoms with Crippen molar-refractivity contribution in [2.45, 2.75) is 12.5 Å². The Hall–Kier alpha value is -0.840. The van der Waals surface area contributed by atoms with Crippen molar-refractivity contribution in [2.75, 3.05) is 25.1 Å². The van der Waals surface area contributed by atoms with Gasteiger partial charge in [0.25, 0.3) is 0 Å². The van der Waals surface area contributed by atoms with Gasteiger partial charge >= 0.3 is 0 Å². The zero-order valence-electron chi connectivity index (χ0n) is 9.65. The molecular weight excluding hydrogens is 256 g/mol. The average molecular weight is 271 g/mol. The van der Waals surface area contributed by atoms with Gasteiger partial charge in [-0.25, -0.2) is 0 Å². The molecule has 1 atom stereocenters. The molecule has 5 heteroatoms. The van der Waals surface area contributed by atoms with Crippen molar-refractivity contribution in [1.82, 2.24) is 0 Å². The first-order valence-electron chi connectivity index (χ1n) is 5.49. The van der Waals surface area contributed by atoms with E-state index in [0.717, 1.165) is 30.8 Å². The number of anilines is 1. The molecule has 0 aromatic heterocycles. The minimum absolute atomic E-state index is 0.309. The van der Waals surface area contributed by atoms with E-state index in [9.17, 15) is 0 Å². The summed E-state index contributed by atoms with van der Waals surface area (Å²) in [5.41, 5.74) is 7.40. The molecule has 1 aliphatic rings. The van der Waals surface area contributed by atoms with E-state index in [-0.39, 0.29) is 0 Å². The Bertz CT molecular complexity index is 439. The summed E-state index contributed by atoms with van der Waals surface area (Å²) in [6.07, 6.45) is 1.36. The highest BCUT2D eigenvalue weighted by Gasteiger charge is 2.22. The maximum Gasteiger partial charge on any atom is 0.105 e. The van der Waals surface area contributed by atoms with Gasteiger partial charge in [-0.3, -0.25) is 0 Å². The van der Waals surface area contributed by atoms with Crippen LogP contribution in [0.2, 0.25) is 5.02 Å². The zero-order valence-corrected chi connectivity index (χ0v) is 11.2. The second-order valence-electron chi connectivity index (χ2n) is 4.12. The molecule has 1 aliphatic heterocycles. The van der Waals surface area contributed by atoms with Gasteiger partial charge in [0.2, 0.25) is 0 Å². The highest BCUT2D eigenvalue weighted by atomic mass is 35.5. The molecule has 0 radical (unpaired) electrons. The summed E-state index contributed by atoms with van der Waals surface area (Å²) < 4.78 is 5.34. The Morgan fingerprint density at radius 2 is 2.35 bits per heavy atom. The molecule has 3 nitrogen and oxygen atoms in total. The van der Waals surface area contributed by atoms with Gasteiger partial charge in [0.1, 0.15) is 4.99 Å². The number of hydrogen-bond acceptors (Lipinski definition) is 3. The molecule has 1 aromatic carbocycles. The lowest BCUT2D eigenvalue weighted by Gasteiger charge is -2.19. The molecule has 1 unspecified atom stereocenters. The molecule has 0 spiro atoms. The van der Waals surface area contributed by atoms with Gasteiger partial charge in [0.05, 0.1) is 11.1 Å². The summed E-state index contributed by atoms with van der Waals surface area (Å²) in [5.74, 6) is 0. The van der Waals surface area contributed by atoms with Crippen molar-refractivity contribution in [3.8, 4) is 0 Å². The largest absolute Gasteiger partial charge is 0.389 e. The molecule has 0 saturated carbocycles. The molecule has 1 saturated heterocycles. The number of nitrogens with two attached hydrogens (primary N) is 1. The highest BCUT2D eigenvalue weighted by Crippen LogP contribution is 2.27. The topological polar surface area (TPSA) is 38.5 Å². The van der Waals surface area contributed by atoms with Gasteiger partial charge in [-0.2, -0.15) is 0 Å². The number of ether oxygens (including phenoxy) is 1. The fourth-order valence-corrected chi connectivity index (χ4v) is 2.57. The van der Waals surface area contributed by atoms with Crippen LogP contribution in [0.4, 0.5) is 5.69 Å². The second kappa shape index (κ2) is 5.21. The normalized spacial score (nSPS) is 19.6. The molecule has 1 fully saturated rings. The Labute approximate surface area is 111 Å². The van der Waals surface area contributed by atoms with Gasteiger partial charge in [0, 0.05) is 31.5 Å². The third-order valence-electron chi connectivity index (χ3n) is 3.06. The molecule has 1 heterocycles. The number of thiocarbonyl (C=S) groups is 1. The SMILES string of the molecule is COC1CCN(c2ccc(C(N)=S)c(Cl)c2)C1. The molecule has 0 aliphatic carbocycles. The number of benzene rings is 1. The van der Waals surface area contributed by atoms with Crippen molar-refractivity contribution in [3.63, 3.8) is 0 Å². The van der Waals surface area contributed by atoms with Crippen LogP contribution in [0.15, 0.2) is 18.2 Å². The quantitative estimate of drug-likeness (QED) is 0.855. The molecule has 2 N–H and O–H groups in total. The molecule has 1 aromatic rings. The molecule has 2 rings (SSSR count). The summed E-state index contributed by atoms with van der Waals surface area (Å²) in [7, 11) is 1.75. The van der Waals surface area contributed by atoms with Gasteiger partial charge in [-0.05, 0) is 24.6 Å². The van der Waals surface area contributed by atoms with Crippen molar-refractivity contribution >= 4 is 34.5 Å². The van der Waals surface area contributed by atoms with Gasteiger partial charge in [-0.15, -0.1) is 0 Å². The first kappa shape index (κ1) is 12.6. The standard InChI is InChI=1S/C12H15ClN2OS/c1-16-9-4-5-15(7-9)8-2-3-10(12(14)17)11(13)6-8/h2-3,6,9H,4-5,7H2,1H3,(H2,14,17). The van der Waals surface area contributed by atoms with E-state index < -0.39 is 0 Å². The zero-order chi connectivity index (χ0) is 12.4. The van der Waals surface area contributed by atoms with Crippen LogP contribution in [-0.2, 0) is 4.74 Å². The monoisotopic (exact) mass is 270 g/mol. The fraction of sp³-hybridized carbons (Fsp3) is 0.417. The Balaban J connectivity index is 2.18. The van der Waals surface area contributed by atoms with E-state index in [1.807, 2.05) is 18.2 Å². The summed E-state index contributed by atoms with van der Waals surface area (Å²) in [6.45, 7) is 1.89. The summed E-state index contributed by atoms with van der Waals surface area (Å²) in [5, 5.41) is 0.607. The van der Waals surface area contributed by atoms with Crippen LogP contribution >= 0.6 is 23.8 Å². The molecule has 0 bridgehead atoms. The predicted octanol–water partition coefficient (Wildman–Crippen LogP) is 2.20. The molecule has 0 amide bonds. The van der Waals surface area contributed by atoms with Gasteiger partial charge in [0.15, 0.2) is 0 Å². The Kier molecular flexibility index (Phi) is 3.86.